The van der Waals surface area contributed by atoms with E-state index in [1.54, 1.807) is 23.1 Å². The number of aryl methyl sites for hydroxylation is 1. The second-order valence-electron chi connectivity index (χ2n) is 4.31. The SMILES string of the molecule is CCc1ccc(-n2nnc(C#N)c2-c2ccco2)cc1. The van der Waals surface area contributed by atoms with E-state index in [1.807, 2.05) is 30.3 Å². The van der Waals surface area contributed by atoms with E-state index >= 15 is 0 Å². The molecule has 5 nitrogen and oxygen atoms in total. The number of hydrogen-bond acceptors (Lipinski definition) is 4. The van der Waals surface area contributed by atoms with E-state index in [1.165, 1.54) is 5.56 Å². The van der Waals surface area contributed by atoms with Crippen molar-refractivity contribution in [3.8, 4) is 23.2 Å². The monoisotopic (exact) mass is 264 g/mol. The average molecular weight is 264 g/mol. The summed E-state index contributed by atoms with van der Waals surface area (Å²) >= 11 is 0. The van der Waals surface area contributed by atoms with Gasteiger partial charge in [-0.05, 0) is 36.2 Å². The Morgan fingerprint density at radius 1 is 1.25 bits per heavy atom. The summed E-state index contributed by atoms with van der Waals surface area (Å²) in [4.78, 5) is 0. The number of nitrogens with zero attached hydrogens (tertiary/aromatic N) is 4. The fourth-order valence-electron chi connectivity index (χ4n) is 2.05. The van der Waals surface area contributed by atoms with Gasteiger partial charge < -0.3 is 4.42 Å². The highest BCUT2D eigenvalue weighted by Gasteiger charge is 2.18. The van der Waals surface area contributed by atoms with Crippen molar-refractivity contribution >= 4 is 0 Å². The van der Waals surface area contributed by atoms with Gasteiger partial charge in [0.25, 0.3) is 0 Å². The Hall–Kier alpha value is -2.87. The molecule has 0 saturated heterocycles. The van der Waals surface area contributed by atoms with Crippen LogP contribution in [-0.2, 0) is 6.42 Å². The number of hydrogen-bond donors (Lipinski definition) is 0. The van der Waals surface area contributed by atoms with E-state index in [4.69, 9.17) is 9.68 Å². The quantitative estimate of drug-likeness (QED) is 0.729. The molecule has 0 spiro atoms. The third kappa shape index (κ3) is 1.97. The summed E-state index contributed by atoms with van der Waals surface area (Å²) < 4.78 is 7.00. The first kappa shape index (κ1) is 12.2. The molecule has 1 aromatic carbocycles. The molecule has 0 saturated carbocycles. The topological polar surface area (TPSA) is 67.6 Å². The molecule has 0 aliphatic carbocycles. The van der Waals surface area contributed by atoms with Gasteiger partial charge in [0.05, 0.1) is 12.0 Å². The normalized spacial score (nSPS) is 10.4. The summed E-state index contributed by atoms with van der Waals surface area (Å²) in [6.45, 7) is 2.10. The molecule has 0 aliphatic rings. The smallest absolute Gasteiger partial charge is 0.194 e. The molecular weight excluding hydrogens is 252 g/mol. The van der Waals surface area contributed by atoms with E-state index in [0.29, 0.717) is 11.5 Å². The molecule has 0 bridgehead atoms. The number of rotatable bonds is 3. The largest absolute Gasteiger partial charge is 0.463 e. The van der Waals surface area contributed by atoms with Gasteiger partial charge in [-0.25, -0.2) is 4.68 Å². The highest BCUT2D eigenvalue weighted by atomic mass is 16.3. The minimum Gasteiger partial charge on any atom is -0.463 e. The van der Waals surface area contributed by atoms with E-state index < -0.39 is 0 Å². The maximum absolute atomic E-state index is 9.15. The molecule has 3 rings (SSSR count). The van der Waals surface area contributed by atoms with Crippen LogP contribution in [0.15, 0.2) is 47.1 Å². The van der Waals surface area contributed by atoms with E-state index in [-0.39, 0.29) is 5.69 Å². The lowest BCUT2D eigenvalue weighted by atomic mass is 10.1. The molecule has 0 amide bonds. The molecule has 0 atom stereocenters. The van der Waals surface area contributed by atoms with Crippen molar-refractivity contribution in [3.63, 3.8) is 0 Å². The van der Waals surface area contributed by atoms with Gasteiger partial charge in [-0.1, -0.05) is 24.3 Å². The average Bonchev–Trinajstić information content (AvgIpc) is 3.15. The molecule has 0 radical (unpaired) electrons. The lowest BCUT2D eigenvalue weighted by Gasteiger charge is -2.05. The van der Waals surface area contributed by atoms with Gasteiger partial charge in [-0.15, -0.1) is 5.10 Å². The highest BCUT2D eigenvalue weighted by Crippen LogP contribution is 2.25. The summed E-state index contributed by atoms with van der Waals surface area (Å²) in [6, 6.07) is 13.6. The predicted octanol–water partition coefficient (Wildman–Crippen LogP) is 2.96. The first-order chi connectivity index (χ1) is 9.83. The summed E-state index contributed by atoms with van der Waals surface area (Å²) in [6.07, 6.45) is 2.54. The Kier molecular flexibility index (Phi) is 3.05. The van der Waals surface area contributed by atoms with Gasteiger partial charge in [0, 0.05) is 0 Å². The summed E-state index contributed by atoms with van der Waals surface area (Å²) in [5.41, 5.74) is 2.91. The second kappa shape index (κ2) is 5.02. The van der Waals surface area contributed by atoms with E-state index in [0.717, 1.165) is 12.1 Å². The summed E-state index contributed by atoms with van der Waals surface area (Å²) in [7, 11) is 0. The van der Waals surface area contributed by atoms with Gasteiger partial charge in [-0.3, -0.25) is 0 Å². The maximum Gasteiger partial charge on any atom is 0.194 e. The molecule has 0 aliphatic heterocycles. The molecule has 0 fully saturated rings. The van der Waals surface area contributed by atoms with Crippen LogP contribution in [-0.4, -0.2) is 15.0 Å². The summed E-state index contributed by atoms with van der Waals surface area (Å²) in [5, 5.41) is 17.1. The Balaban J connectivity index is 2.14. The van der Waals surface area contributed by atoms with Gasteiger partial charge in [-0.2, -0.15) is 5.26 Å². The molecule has 5 heteroatoms. The zero-order valence-corrected chi connectivity index (χ0v) is 10.9. The van der Waals surface area contributed by atoms with Crippen LogP contribution in [0.25, 0.3) is 17.1 Å². The minimum atomic E-state index is 0.250. The zero-order valence-electron chi connectivity index (χ0n) is 10.9. The van der Waals surface area contributed by atoms with Crippen molar-refractivity contribution in [1.29, 1.82) is 5.26 Å². The molecule has 0 N–H and O–H groups in total. The number of furan rings is 1. The van der Waals surface area contributed by atoms with Crippen LogP contribution < -0.4 is 0 Å². The minimum absolute atomic E-state index is 0.250. The van der Waals surface area contributed by atoms with Crippen molar-refractivity contribution in [2.45, 2.75) is 13.3 Å². The van der Waals surface area contributed by atoms with Crippen molar-refractivity contribution < 1.29 is 4.42 Å². The van der Waals surface area contributed by atoms with Crippen molar-refractivity contribution in [3.05, 3.63) is 53.9 Å². The second-order valence-corrected chi connectivity index (χ2v) is 4.31. The van der Waals surface area contributed by atoms with E-state index in [2.05, 4.69) is 17.2 Å². The molecule has 2 heterocycles. The van der Waals surface area contributed by atoms with Crippen LogP contribution in [0.2, 0.25) is 0 Å². The number of nitriles is 1. The Morgan fingerprint density at radius 3 is 2.65 bits per heavy atom. The standard InChI is InChI=1S/C15H12N4O/c1-2-11-5-7-12(8-6-11)19-15(13(10-16)17-18-19)14-4-3-9-20-14/h3-9H,2H2,1H3. The summed E-state index contributed by atoms with van der Waals surface area (Å²) in [5.74, 6) is 0.575. The van der Waals surface area contributed by atoms with E-state index in [9.17, 15) is 0 Å². The maximum atomic E-state index is 9.15. The molecule has 3 aromatic rings. The lowest BCUT2D eigenvalue weighted by Crippen LogP contribution is -1.99. The fraction of sp³-hybridized carbons (Fsp3) is 0.133. The predicted molar refractivity (Wildman–Crippen MR) is 73.2 cm³/mol. The Bertz CT molecular complexity index is 748. The number of benzene rings is 1. The molecular formula is C15H12N4O. The zero-order chi connectivity index (χ0) is 13.9. The first-order valence-corrected chi connectivity index (χ1v) is 6.32. The molecule has 0 unspecified atom stereocenters. The van der Waals surface area contributed by atoms with Crippen molar-refractivity contribution in [1.82, 2.24) is 15.0 Å². The van der Waals surface area contributed by atoms with Crippen molar-refractivity contribution in [2.75, 3.05) is 0 Å². The van der Waals surface area contributed by atoms with Crippen LogP contribution in [0.4, 0.5) is 0 Å². The highest BCUT2D eigenvalue weighted by molar-refractivity contribution is 5.62. The molecule has 20 heavy (non-hydrogen) atoms. The first-order valence-electron chi connectivity index (χ1n) is 6.32. The van der Waals surface area contributed by atoms with Crippen LogP contribution >= 0.6 is 0 Å². The van der Waals surface area contributed by atoms with Crippen LogP contribution in [0.3, 0.4) is 0 Å². The van der Waals surface area contributed by atoms with Crippen LogP contribution in [0.1, 0.15) is 18.2 Å². The Labute approximate surface area is 116 Å². The Morgan fingerprint density at radius 2 is 2.05 bits per heavy atom. The van der Waals surface area contributed by atoms with Crippen molar-refractivity contribution in [2.24, 2.45) is 0 Å². The fourth-order valence-corrected chi connectivity index (χ4v) is 2.05. The van der Waals surface area contributed by atoms with Gasteiger partial charge in [0.1, 0.15) is 11.8 Å². The third-order valence-electron chi connectivity index (χ3n) is 3.12. The molecule has 2 aromatic heterocycles. The van der Waals surface area contributed by atoms with Gasteiger partial charge in [0.2, 0.25) is 0 Å². The van der Waals surface area contributed by atoms with Crippen LogP contribution in [0, 0.1) is 11.3 Å². The molecule has 98 valence electrons. The lowest BCUT2D eigenvalue weighted by molar-refractivity contribution is 0.576. The van der Waals surface area contributed by atoms with Crippen LogP contribution in [0.5, 0.6) is 0 Å². The number of aromatic nitrogens is 3. The van der Waals surface area contributed by atoms with Gasteiger partial charge in [0.15, 0.2) is 11.5 Å². The van der Waals surface area contributed by atoms with Gasteiger partial charge >= 0.3 is 0 Å². The third-order valence-corrected chi connectivity index (χ3v) is 3.12.